The Morgan fingerprint density at radius 3 is 2.89 bits per heavy atom. The Morgan fingerprint density at radius 1 is 1.21 bits per heavy atom. The summed E-state index contributed by atoms with van der Waals surface area (Å²) in [7, 11) is 1.65. The SMILES string of the molecule is COCCn1c(C2CCCN2Cc2ccnc(C)n2)nc2ccccc2c1=O. The second kappa shape index (κ2) is 8.16. The molecule has 3 heterocycles. The quantitative estimate of drug-likeness (QED) is 0.655. The van der Waals surface area contributed by atoms with Crippen molar-refractivity contribution in [2.75, 3.05) is 20.3 Å². The van der Waals surface area contributed by atoms with Crippen LogP contribution in [0.15, 0.2) is 41.3 Å². The molecule has 0 bridgehead atoms. The maximum Gasteiger partial charge on any atom is 0.261 e. The Kier molecular flexibility index (Phi) is 5.45. The predicted octanol–water partition coefficient (Wildman–Crippen LogP) is 2.48. The summed E-state index contributed by atoms with van der Waals surface area (Å²) < 4.78 is 7.04. The van der Waals surface area contributed by atoms with Crippen molar-refractivity contribution in [2.45, 2.75) is 38.9 Å². The molecule has 7 heteroatoms. The number of nitrogens with zero attached hydrogens (tertiary/aromatic N) is 5. The highest BCUT2D eigenvalue weighted by atomic mass is 16.5. The first-order valence-corrected chi connectivity index (χ1v) is 9.68. The summed E-state index contributed by atoms with van der Waals surface area (Å²) in [6.07, 6.45) is 3.84. The summed E-state index contributed by atoms with van der Waals surface area (Å²) in [5, 5.41) is 0.651. The first-order chi connectivity index (χ1) is 13.7. The highest BCUT2D eigenvalue weighted by Gasteiger charge is 2.30. The average Bonchev–Trinajstić information content (AvgIpc) is 3.15. The topological polar surface area (TPSA) is 73.1 Å². The number of ether oxygens (including phenoxy) is 1. The zero-order valence-corrected chi connectivity index (χ0v) is 16.3. The highest BCUT2D eigenvalue weighted by Crippen LogP contribution is 2.32. The summed E-state index contributed by atoms with van der Waals surface area (Å²) in [5.74, 6) is 1.60. The second-order valence-corrected chi connectivity index (χ2v) is 7.16. The minimum atomic E-state index is 0.00220. The normalized spacial score (nSPS) is 17.4. The second-order valence-electron chi connectivity index (χ2n) is 7.16. The average molecular weight is 379 g/mol. The van der Waals surface area contributed by atoms with E-state index in [-0.39, 0.29) is 11.6 Å². The van der Waals surface area contributed by atoms with E-state index in [4.69, 9.17) is 9.72 Å². The van der Waals surface area contributed by atoms with Crippen LogP contribution in [0, 0.1) is 6.92 Å². The smallest absolute Gasteiger partial charge is 0.261 e. The molecule has 1 aromatic carbocycles. The fraction of sp³-hybridized carbons (Fsp3) is 0.429. The van der Waals surface area contributed by atoms with E-state index in [0.717, 1.165) is 48.8 Å². The molecule has 0 aliphatic carbocycles. The summed E-state index contributed by atoms with van der Waals surface area (Å²) in [4.78, 5) is 29.2. The number of aromatic nitrogens is 4. The van der Waals surface area contributed by atoms with Gasteiger partial charge in [-0.25, -0.2) is 15.0 Å². The van der Waals surface area contributed by atoms with Gasteiger partial charge in [0.2, 0.25) is 0 Å². The molecule has 1 aliphatic heterocycles. The van der Waals surface area contributed by atoms with Crippen LogP contribution in [0.5, 0.6) is 0 Å². The third kappa shape index (κ3) is 3.68. The van der Waals surface area contributed by atoms with Gasteiger partial charge in [0.25, 0.3) is 5.56 Å². The number of hydrogen-bond donors (Lipinski definition) is 0. The van der Waals surface area contributed by atoms with Crippen molar-refractivity contribution in [3.05, 3.63) is 64.2 Å². The molecule has 28 heavy (non-hydrogen) atoms. The van der Waals surface area contributed by atoms with Gasteiger partial charge in [0.1, 0.15) is 11.6 Å². The van der Waals surface area contributed by atoms with E-state index < -0.39 is 0 Å². The van der Waals surface area contributed by atoms with Crippen LogP contribution in [0.2, 0.25) is 0 Å². The maximum absolute atomic E-state index is 13.1. The van der Waals surface area contributed by atoms with Gasteiger partial charge in [-0.3, -0.25) is 14.3 Å². The van der Waals surface area contributed by atoms with Crippen molar-refractivity contribution >= 4 is 10.9 Å². The molecule has 146 valence electrons. The molecule has 1 saturated heterocycles. The molecule has 0 spiro atoms. The van der Waals surface area contributed by atoms with E-state index in [0.29, 0.717) is 18.5 Å². The molecule has 0 N–H and O–H groups in total. The number of methoxy groups -OCH3 is 1. The number of fused-ring (bicyclic) bond motifs is 1. The molecule has 1 fully saturated rings. The summed E-state index contributed by atoms with van der Waals surface area (Å²) in [6, 6.07) is 9.60. The number of benzene rings is 1. The number of likely N-dealkylation sites (tertiary alicyclic amines) is 1. The fourth-order valence-electron chi connectivity index (χ4n) is 3.95. The lowest BCUT2D eigenvalue weighted by atomic mass is 10.1. The van der Waals surface area contributed by atoms with Crippen LogP contribution >= 0.6 is 0 Å². The van der Waals surface area contributed by atoms with Gasteiger partial charge >= 0.3 is 0 Å². The molecule has 3 aromatic rings. The van der Waals surface area contributed by atoms with Crippen molar-refractivity contribution in [3.8, 4) is 0 Å². The number of aryl methyl sites for hydroxylation is 1. The third-order valence-electron chi connectivity index (χ3n) is 5.27. The van der Waals surface area contributed by atoms with Crippen molar-refractivity contribution in [3.63, 3.8) is 0 Å². The minimum Gasteiger partial charge on any atom is -0.383 e. The summed E-state index contributed by atoms with van der Waals surface area (Å²) in [5.41, 5.74) is 1.74. The lowest BCUT2D eigenvalue weighted by molar-refractivity contribution is 0.178. The zero-order valence-electron chi connectivity index (χ0n) is 16.3. The standard InChI is InChI=1S/C21H25N5O2/c1-15-22-10-9-16(23-15)14-25-11-5-8-19(25)20-24-18-7-4-3-6-17(18)21(27)26(20)12-13-28-2/h3-4,6-7,9-10,19H,5,8,11-14H2,1-2H3. The summed E-state index contributed by atoms with van der Waals surface area (Å²) >= 11 is 0. The summed E-state index contributed by atoms with van der Waals surface area (Å²) in [6.45, 7) is 4.56. The van der Waals surface area contributed by atoms with Crippen molar-refractivity contribution in [1.29, 1.82) is 0 Å². The third-order valence-corrected chi connectivity index (χ3v) is 5.27. The van der Waals surface area contributed by atoms with E-state index in [1.54, 1.807) is 17.9 Å². The molecule has 0 saturated carbocycles. The molecule has 2 aromatic heterocycles. The molecule has 0 radical (unpaired) electrons. The van der Waals surface area contributed by atoms with Gasteiger partial charge < -0.3 is 4.74 Å². The molecule has 1 unspecified atom stereocenters. The fourth-order valence-corrected chi connectivity index (χ4v) is 3.95. The molecular weight excluding hydrogens is 354 g/mol. The van der Waals surface area contributed by atoms with Crippen LogP contribution < -0.4 is 5.56 Å². The van der Waals surface area contributed by atoms with Gasteiger partial charge in [0.05, 0.1) is 35.8 Å². The van der Waals surface area contributed by atoms with Crippen LogP contribution in [-0.2, 0) is 17.8 Å². The van der Waals surface area contributed by atoms with Crippen molar-refractivity contribution < 1.29 is 4.74 Å². The molecule has 4 rings (SSSR count). The number of hydrogen-bond acceptors (Lipinski definition) is 6. The van der Waals surface area contributed by atoms with Crippen LogP contribution in [0.1, 0.15) is 36.2 Å². The van der Waals surface area contributed by atoms with Gasteiger partial charge in [-0.15, -0.1) is 0 Å². The van der Waals surface area contributed by atoms with Crippen LogP contribution in [0.3, 0.4) is 0 Å². The molecule has 1 aliphatic rings. The first kappa shape index (κ1) is 18.7. The van der Waals surface area contributed by atoms with E-state index in [1.165, 1.54) is 0 Å². The Bertz CT molecular complexity index is 1030. The van der Waals surface area contributed by atoms with E-state index >= 15 is 0 Å². The lowest BCUT2D eigenvalue weighted by Crippen LogP contribution is -2.33. The number of para-hydroxylation sites is 1. The number of rotatable bonds is 6. The maximum atomic E-state index is 13.1. The van der Waals surface area contributed by atoms with E-state index in [1.807, 2.05) is 37.3 Å². The largest absolute Gasteiger partial charge is 0.383 e. The van der Waals surface area contributed by atoms with Crippen LogP contribution in [0.4, 0.5) is 0 Å². The van der Waals surface area contributed by atoms with Gasteiger partial charge in [0.15, 0.2) is 0 Å². The van der Waals surface area contributed by atoms with Gasteiger partial charge in [-0.2, -0.15) is 0 Å². The lowest BCUT2D eigenvalue weighted by Gasteiger charge is -2.26. The molecular formula is C21H25N5O2. The Morgan fingerprint density at radius 2 is 2.07 bits per heavy atom. The van der Waals surface area contributed by atoms with Gasteiger partial charge in [-0.05, 0) is 44.5 Å². The van der Waals surface area contributed by atoms with E-state index in [9.17, 15) is 4.79 Å². The molecule has 1 atom stereocenters. The van der Waals surface area contributed by atoms with Crippen molar-refractivity contribution in [1.82, 2.24) is 24.4 Å². The van der Waals surface area contributed by atoms with Crippen molar-refractivity contribution in [2.24, 2.45) is 0 Å². The van der Waals surface area contributed by atoms with Crippen LogP contribution in [0.25, 0.3) is 10.9 Å². The van der Waals surface area contributed by atoms with E-state index in [2.05, 4.69) is 14.9 Å². The molecule has 0 amide bonds. The Balaban J connectivity index is 1.74. The van der Waals surface area contributed by atoms with Crippen LogP contribution in [-0.4, -0.2) is 44.7 Å². The first-order valence-electron chi connectivity index (χ1n) is 9.68. The zero-order chi connectivity index (χ0) is 19.5. The van der Waals surface area contributed by atoms with Gasteiger partial charge in [0, 0.05) is 19.9 Å². The van der Waals surface area contributed by atoms with Gasteiger partial charge in [-0.1, -0.05) is 12.1 Å². The minimum absolute atomic E-state index is 0.00220. The predicted molar refractivity (Wildman–Crippen MR) is 107 cm³/mol. The highest BCUT2D eigenvalue weighted by molar-refractivity contribution is 5.77. The Labute approximate surface area is 164 Å². The monoisotopic (exact) mass is 379 g/mol. The Hall–Kier alpha value is -2.64. The molecule has 7 nitrogen and oxygen atoms in total.